The lowest BCUT2D eigenvalue weighted by Crippen LogP contribution is -2.24. The molecular formula is C11H17FN2O3. The molecule has 96 valence electrons. The van der Waals surface area contributed by atoms with Crippen molar-refractivity contribution >= 4 is 11.4 Å². The Labute approximate surface area is 99.3 Å². The quantitative estimate of drug-likeness (QED) is 0.646. The molecule has 0 aromatic heterocycles. The minimum absolute atomic E-state index is 0.0999. The number of nitrogen functional groups attached to an aromatic ring is 1. The van der Waals surface area contributed by atoms with Crippen molar-refractivity contribution in [1.82, 2.24) is 0 Å². The summed E-state index contributed by atoms with van der Waals surface area (Å²) in [5.41, 5.74) is 6.40. The maximum absolute atomic E-state index is 13.2. The second kappa shape index (κ2) is 6.27. The van der Waals surface area contributed by atoms with Crippen LogP contribution in [0, 0.1) is 5.82 Å². The number of halogens is 1. The van der Waals surface area contributed by atoms with Gasteiger partial charge in [-0.25, -0.2) is 4.39 Å². The lowest BCUT2D eigenvalue weighted by atomic mass is 10.2. The zero-order valence-corrected chi connectivity index (χ0v) is 9.87. The Morgan fingerprint density at radius 2 is 2.18 bits per heavy atom. The van der Waals surface area contributed by atoms with Gasteiger partial charge in [0.2, 0.25) is 0 Å². The van der Waals surface area contributed by atoms with Crippen LogP contribution in [0.2, 0.25) is 0 Å². The summed E-state index contributed by atoms with van der Waals surface area (Å²) in [5, 5.41) is 12.3. The van der Waals surface area contributed by atoms with Crippen molar-refractivity contribution in [1.29, 1.82) is 0 Å². The fourth-order valence-corrected chi connectivity index (χ4v) is 1.36. The number of ether oxygens (including phenoxy) is 2. The third-order valence-electron chi connectivity index (χ3n) is 2.21. The van der Waals surface area contributed by atoms with Crippen LogP contribution >= 0.6 is 0 Å². The molecular weight excluding hydrogens is 227 g/mol. The fraction of sp³-hybridized carbons (Fsp3) is 0.455. The molecule has 17 heavy (non-hydrogen) atoms. The van der Waals surface area contributed by atoms with Gasteiger partial charge in [-0.05, 0) is 0 Å². The number of hydrogen-bond donors (Lipinski definition) is 3. The third kappa shape index (κ3) is 3.76. The number of rotatable bonds is 6. The summed E-state index contributed by atoms with van der Waals surface area (Å²) >= 11 is 0. The van der Waals surface area contributed by atoms with E-state index in [0.29, 0.717) is 5.69 Å². The molecule has 1 aromatic carbocycles. The minimum Gasteiger partial charge on any atom is -0.494 e. The second-order valence-corrected chi connectivity index (χ2v) is 3.56. The second-order valence-electron chi connectivity index (χ2n) is 3.56. The first kappa shape index (κ1) is 13.5. The molecule has 0 bridgehead atoms. The van der Waals surface area contributed by atoms with Crippen LogP contribution in [0.1, 0.15) is 0 Å². The first-order chi connectivity index (χ1) is 8.08. The molecule has 0 saturated heterocycles. The van der Waals surface area contributed by atoms with Gasteiger partial charge in [0.15, 0.2) is 11.6 Å². The van der Waals surface area contributed by atoms with E-state index in [0.717, 1.165) is 0 Å². The molecule has 0 fully saturated rings. The van der Waals surface area contributed by atoms with Crippen molar-refractivity contribution in [3.05, 3.63) is 17.9 Å². The summed E-state index contributed by atoms with van der Waals surface area (Å²) in [7, 11) is 2.87. The smallest absolute Gasteiger partial charge is 0.167 e. The van der Waals surface area contributed by atoms with Crippen LogP contribution in [-0.4, -0.2) is 38.6 Å². The molecule has 0 radical (unpaired) electrons. The van der Waals surface area contributed by atoms with Gasteiger partial charge >= 0.3 is 0 Å². The largest absolute Gasteiger partial charge is 0.494 e. The highest BCUT2D eigenvalue weighted by Crippen LogP contribution is 2.27. The van der Waals surface area contributed by atoms with E-state index in [1.54, 1.807) is 0 Å². The van der Waals surface area contributed by atoms with Crippen molar-refractivity contribution in [2.75, 3.05) is 38.4 Å². The van der Waals surface area contributed by atoms with Gasteiger partial charge < -0.3 is 25.6 Å². The summed E-state index contributed by atoms with van der Waals surface area (Å²) in [5.74, 6) is -0.420. The maximum atomic E-state index is 13.2. The molecule has 0 aliphatic heterocycles. The number of hydrogen-bond acceptors (Lipinski definition) is 5. The van der Waals surface area contributed by atoms with Crippen molar-refractivity contribution < 1.29 is 19.0 Å². The zero-order chi connectivity index (χ0) is 12.8. The summed E-state index contributed by atoms with van der Waals surface area (Å²) in [6.45, 7) is 0.470. The minimum atomic E-state index is -0.657. The normalized spacial score (nSPS) is 12.2. The molecule has 6 heteroatoms. The van der Waals surface area contributed by atoms with Crippen LogP contribution in [-0.2, 0) is 4.74 Å². The van der Waals surface area contributed by atoms with Crippen molar-refractivity contribution in [3.8, 4) is 5.75 Å². The van der Waals surface area contributed by atoms with E-state index in [4.69, 9.17) is 15.2 Å². The number of methoxy groups -OCH3 is 2. The molecule has 1 unspecified atom stereocenters. The van der Waals surface area contributed by atoms with Crippen LogP contribution in [0.4, 0.5) is 15.8 Å². The first-order valence-electron chi connectivity index (χ1n) is 5.12. The van der Waals surface area contributed by atoms with E-state index in [2.05, 4.69) is 5.32 Å². The standard InChI is InChI=1S/C11H17FN2O3/c1-16-6-7(15)5-14-10-4-11(17-2)8(12)3-9(10)13/h3-4,7,14-15H,5-6,13H2,1-2H3. The van der Waals surface area contributed by atoms with Gasteiger partial charge in [0.1, 0.15) is 0 Å². The number of anilines is 2. The van der Waals surface area contributed by atoms with Crippen LogP contribution in [0.25, 0.3) is 0 Å². The Hall–Kier alpha value is -1.53. The Morgan fingerprint density at radius 3 is 2.76 bits per heavy atom. The molecule has 5 nitrogen and oxygen atoms in total. The van der Waals surface area contributed by atoms with Crippen LogP contribution in [0.15, 0.2) is 12.1 Å². The fourth-order valence-electron chi connectivity index (χ4n) is 1.36. The Balaban J connectivity index is 2.70. The number of benzene rings is 1. The van der Waals surface area contributed by atoms with Gasteiger partial charge in [-0.2, -0.15) is 0 Å². The predicted molar refractivity (Wildman–Crippen MR) is 63.7 cm³/mol. The first-order valence-corrected chi connectivity index (χ1v) is 5.12. The van der Waals surface area contributed by atoms with Gasteiger partial charge in [-0.1, -0.05) is 0 Å². The molecule has 1 aromatic rings. The van der Waals surface area contributed by atoms with E-state index in [9.17, 15) is 9.50 Å². The highest BCUT2D eigenvalue weighted by molar-refractivity contribution is 5.68. The molecule has 1 rings (SSSR count). The number of aliphatic hydroxyl groups is 1. The van der Waals surface area contributed by atoms with Gasteiger partial charge in [0, 0.05) is 25.8 Å². The number of aliphatic hydroxyl groups excluding tert-OH is 1. The van der Waals surface area contributed by atoms with Gasteiger partial charge in [-0.3, -0.25) is 0 Å². The molecule has 0 spiro atoms. The molecule has 1 atom stereocenters. The average Bonchev–Trinajstić information content (AvgIpc) is 2.28. The van der Waals surface area contributed by atoms with Gasteiger partial charge in [0.05, 0.1) is 31.2 Å². The maximum Gasteiger partial charge on any atom is 0.167 e. The van der Waals surface area contributed by atoms with Gasteiger partial charge in [-0.15, -0.1) is 0 Å². The molecule has 0 saturated carbocycles. The highest BCUT2D eigenvalue weighted by atomic mass is 19.1. The van der Waals surface area contributed by atoms with E-state index in [-0.39, 0.29) is 24.6 Å². The molecule has 0 aliphatic rings. The topological polar surface area (TPSA) is 76.7 Å². The molecule has 0 heterocycles. The van der Waals surface area contributed by atoms with E-state index in [1.807, 2.05) is 0 Å². The average molecular weight is 244 g/mol. The monoisotopic (exact) mass is 244 g/mol. The van der Waals surface area contributed by atoms with E-state index < -0.39 is 11.9 Å². The SMILES string of the molecule is COCC(O)CNc1cc(OC)c(F)cc1N. The van der Waals surface area contributed by atoms with Crippen molar-refractivity contribution in [2.45, 2.75) is 6.10 Å². The van der Waals surface area contributed by atoms with Gasteiger partial charge in [0.25, 0.3) is 0 Å². The van der Waals surface area contributed by atoms with E-state index in [1.165, 1.54) is 26.4 Å². The molecule has 4 N–H and O–H groups in total. The van der Waals surface area contributed by atoms with Crippen LogP contribution in [0.5, 0.6) is 5.75 Å². The van der Waals surface area contributed by atoms with E-state index >= 15 is 0 Å². The van der Waals surface area contributed by atoms with Crippen LogP contribution in [0.3, 0.4) is 0 Å². The Morgan fingerprint density at radius 1 is 1.47 bits per heavy atom. The predicted octanol–water partition coefficient (Wildman–Crippen LogP) is 0.836. The lowest BCUT2D eigenvalue weighted by Gasteiger charge is -2.14. The summed E-state index contributed by atoms with van der Waals surface area (Å²) in [6.07, 6.45) is -0.657. The summed E-state index contributed by atoms with van der Waals surface area (Å²) in [6, 6.07) is 2.62. The molecule has 0 aliphatic carbocycles. The third-order valence-corrected chi connectivity index (χ3v) is 2.21. The van der Waals surface area contributed by atoms with Crippen LogP contribution < -0.4 is 15.8 Å². The Kier molecular flexibility index (Phi) is 4.99. The van der Waals surface area contributed by atoms with Crippen molar-refractivity contribution in [3.63, 3.8) is 0 Å². The lowest BCUT2D eigenvalue weighted by molar-refractivity contribution is 0.0727. The highest BCUT2D eigenvalue weighted by Gasteiger charge is 2.09. The molecule has 0 amide bonds. The summed E-state index contributed by atoms with van der Waals surface area (Å²) < 4.78 is 22.9. The summed E-state index contributed by atoms with van der Waals surface area (Å²) in [4.78, 5) is 0. The van der Waals surface area contributed by atoms with Crippen molar-refractivity contribution in [2.24, 2.45) is 0 Å². The number of nitrogens with two attached hydrogens (primary N) is 1. The number of nitrogens with one attached hydrogen (secondary N) is 1. The Bertz CT molecular complexity index is 374. The zero-order valence-electron chi connectivity index (χ0n) is 9.87.